The van der Waals surface area contributed by atoms with Crippen LogP contribution in [-0.4, -0.2) is 74.1 Å². The predicted molar refractivity (Wildman–Crippen MR) is 117 cm³/mol. The Kier molecular flexibility index (Phi) is 6.08. The molecule has 1 saturated heterocycles. The standard InChI is InChI=1S/C23H26N2O5S/c26-23(16-31-18-2-4-20-22(14-18)30-12-10-28-20)25-7-5-24(6-8-25)15-17-1-3-19-21(13-17)29-11-9-27-19/h1-4,13-14H,5-12,15-16H2. The Morgan fingerprint density at radius 3 is 2.10 bits per heavy atom. The largest absolute Gasteiger partial charge is 0.486 e. The highest BCUT2D eigenvalue weighted by molar-refractivity contribution is 8.00. The van der Waals surface area contributed by atoms with Crippen LogP contribution in [0.3, 0.4) is 0 Å². The molecule has 0 spiro atoms. The molecule has 0 saturated carbocycles. The highest BCUT2D eigenvalue weighted by Crippen LogP contribution is 2.34. The zero-order chi connectivity index (χ0) is 21.0. The maximum absolute atomic E-state index is 12.7. The fourth-order valence-corrected chi connectivity index (χ4v) is 4.78. The molecule has 31 heavy (non-hydrogen) atoms. The van der Waals surface area contributed by atoms with Gasteiger partial charge in [-0.1, -0.05) is 6.07 Å². The minimum Gasteiger partial charge on any atom is -0.486 e. The number of rotatable bonds is 5. The highest BCUT2D eigenvalue weighted by Gasteiger charge is 2.22. The van der Waals surface area contributed by atoms with E-state index in [4.69, 9.17) is 18.9 Å². The minimum absolute atomic E-state index is 0.180. The number of nitrogens with zero attached hydrogens (tertiary/aromatic N) is 2. The van der Waals surface area contributed by atoms with Gasteiger partial charge >= 0.3 is 0 Å². The van der Waals surface area contributed by atoms with Crippen LogP contribution in [0.25, 0.3) is 0 Å². The number of piperazine rings is 1. The zero-order valence-corrected chi connectivity index (χ0v) is 18.2. The summed E-state index contributed by atoms with van der Waals surface area (Å²) in [6.07, 6.45) is 0. The van der Waals surface area contributed by atoms with Crippen LogP contribution in [0.15, 0.2) is 41.3 Å². The van der Waals surface area contributed by atoms with E-state index in [0.29, 0.717) is 32.2 Å². The van der Waals surface area contributed by atoms with E-state index in [2.05, 4.69) is 17.0 Å². The molecule has 8 heteroatoms. The van der Waals surface area contributed by atoms with Gasteiger partial charge in [0.2, 0.25) is 5.91 Å². The van der Waals surface area contributed by atoms with E-state index in [9.17, 15) is 4.79 Å². The molecule has 0 radical (unpaired) electrons. The van der Waals surface area contributed by atoms with Crippen molar-refractivity contribution in [1.82, 2.24) is 9.80 Å². The fraction of sp³-hybridized carbons (Fsp3) is 0.435. The highest BCUT2D eigenvalue weighted by atomic mass is 32.2. The molecular weight excluding hydrogens is 416 g/mol. The second kappa shape index (κ2) is 9.28. The van der Waals surface area contributed by atoms with Crippen LogP contribution in [-0.2, 0) is 11.3 Å². The van der Waals surface area contributed by atoms with Crippen molar-refractivity contribution in [1.29, 1.82) is 0 Å². The van der Waals surface area contributed by atoms with Crippen molar-refractivity contribution in [2.45, 2.75) is 11.4 Å². The number of carbonyl (C=O) groups excluding carboxylic acids is 1. The molecule has 0 atom stereocenters. The number of amides is 1. The maximum Gasteiger partial charge on any atom is 0.233 e. The normalized spacial score (nSPS) is 18.0. The smallest absolute Gasteiger partial charge is 0.233 e. The van der Waals surface area contributed by atoms with Gasteiger partial charge in [-0.15, -0.1) is 11.8 Å². The van der Waals surface area contributed by atoms with E-state index in [1.165, 1.54) is 5.56 Å². The molecule has 2 aromatic rings. The predicted octanol–water partition coefficient (Wildman–Crippen LogP) is 2.67. The number of hydrogen-bond acceptors (Lipinski definition) is 7. The monoisotopic (exact) mass is 442 g/mol. The van der Waals surface area contributed by atoms with Gasteiger partial charge in [-0.05, 0) is 35.9 Å². The van der Waals surface area contributed by atoms with Gasteiger partial charge in [0.05, 0.1) is 5.75 Å². The van der Waals surface area contributed by atoms with E-state index >= 15 is 0 Å². The van der Waals surface area contributed by atoms with Gasteiger partial charge in [-0.3, -0.25) is 9.69 Å². The third-order valence-electron chi connectivity index (χ3n) is 5.61. The number of carbonyl (C=O) groups is 1. The molecule has 0 bridgehead atoms. The lowest BCUT2D eigenvalue weighted by molar-refractivity contribution is -0.130. The van der Waals surface area contributed by atoms with Gasteiger partial charge in [-0.2, -0.15) is 0 Å². The van der Waals surface area contributed by atoms with Gasteiger partial charge in [-0.25, -0.2) is 0 Å². The molecule has 0 N–H and O–H groups in total. The van der Waals surface area contributed by atoms with Crippen molar-refractivity contribution in [2.75, 3.05) is 58.4 Å². The Hall–Kier alpha value is -2.58. The zero-order valence-electron chi connectivity index (χ0n) is 17.4. The lowest BCUT2D eigenvalue weighted by Gasteiger charge is -2.35. The number of hydrogen-bond donors (Lipinski definition) is 0. The van der Waals surface area contributed by atoms with Crippen LogP contribution in [0.2, 0.25) is 0 Å². The summed E-state index contributed by atoms with van der Waals surface area (Å²) in [7, 11) is 0. The molecule has 2 aromatic carbocycles. The first kappa shape index (κ1) is 20.3. The first-order chi connectivity index (χ1) is 15.2. The van der Waals surface area contributed by atoms with Crippen molar-refractivity contribution < 1.29 is 23.7 Å². The molecule has 3 heterocycles. The van der Waals surface area contributed by atoms with Crippen molar-refractivity contribution in [3.63, 3.8) is 0 Å². The SMILES string of the molecule is O=C(CSc1ccc2c(c1)OCCO2)N1CCN(Cc2ccc3c(c2)OCCO3)CC1. The van der Waals surface area contributed by atoms with Crippen molar-refractivity contribution in [3.8, 4) is 23.0 Å². The number of thioether (sulfide) groups is 1. The first-order valence-electron chi connectivity index (χ1n) is 10.7. The van der Waals surface area contributed by atoms with Crippen LogP contribution in [0.5, 0.6) is 23.0 Å². The van der Waals surface area contributed by atoms with E-state index in [1.807, 2.05) is 29.2 Å². The molecule has 164 valence electrons. The second-order valence-electron chi connectivity index (χ2n) is 7.73. The summed E-state index contributed by atoms with van der Waals surface area (Å²) >= 11 is 1.55. The molecule has 7 nitrogen and oxygen atoms in total. The fourth-order valence-electron chi connectivity index (χ4n) is 3.95. The Bertz CT molecular complexity index is 946. The molecule has 3 aliphatic heterocycles. The molecule has 5 rings (SSSR count). The third kappa shape index (κ3) is 4.85. The molecule has 1 amide bonds. The van der Waals surface area contributed by atoms with Gasteiger partial charge in [0, 0.05) is 37.6 Å². The summed E-state index contributed by atoms with van der Waals surface area (Å²) in [6, 6.07) is 12.0. The van der Waals surface area contributed by atoms with E-state index in [1.54, 1.807) is 11.8 Å². The molecule has 0 aliphatic carbocycles. The van der Waals surface area contributed by atoms with Gasteiger partial charge in [0.25, 0.3) is 0 Å². The van der Waals surface area contributed by atoms with Crippen LogP contribution in [0.1, 0.15) is 5.56 Å². The van der Waals surface area contributed by atoms with E-state index in [-0.39, 0.29) is 5.91 Å². The Morgan fingerprint density at radius 2 is 1.39 bits per heavy atom. The van der Waals surface area contributed by atoms with Crippen molar-refractivity contribution in [2.24, 2.45) is 0 Å². The molecular formula is C23H26N2O5S. The van der Waals surface area contributed by atoms with Crippen molar-refractivity contribution in [3.05, 3.63) is 42.0 Å². The second-order valence-corrected chi connectivity index (χ2v) is 8.78. The summed E-state index contributed by atoms with van der Waals surface area (Å²) in [6.45, 7) is 6.45. The topological polar surface area (TPSA) is 60.5 Å². The van der Waals surface area contributed by atoms with Crippen LogP contribution >= 0.6 is 11.8 Å². The summed E-state index contributed by atoms with van der Waals surface area (Å²) in [5.41, 5.74) is 1.21. The molecule has 3 aliphatic rings. The molecule has 0 unspecified atom stereocenters. The summed E-state index contributed by atoms with van der Waals surface area (Å²) in [5.74, 6) is 3.79. The van der Waals surface area contributed by atoms with Gasteiger partial charge < -0.3 is 23.8 Å². The Labute approximate surface area is 186 Å². The Morgan fingerprint density at radius 1 is 0.774 bits per heavy atom. The maximum atomic E-state index is 12.7. The van der Waals surface area contributed by atoms with Crippen LogP contribution in [0.4, 0.5) is 0 Å². The lowest BCUT2D eigenvalue weighted by atomic mass is 10.1. The number of fused-ring (bicyclic) bond motifs is 2. The van der Waals surface area contributed by atoms with Crippen LogP contribution in [0, 0.1) is 0 Å². The molecule has 1 fully saturated rings. The van der Waals surface area contributed by atoms with Gasteiger partial charge in [0.1, 0.15) is 26.4 Å². The van der Waals surface area contributed by atoms with E-state index < -0.39 is 0 Å². The third-order valence-corrected chi connectivity index (χ3v) is 6.59. The average molecular weight is 443 g/mol. The quantitative estimate of drug-likeness (QED) is 0.660. The summed E-state index contributed by atoms with van der Waals surface area (Å²) in [5, 5.41) is 0. The minimum atomic E-state index is 0.180. The van der Waals surface area contributed by atoms with Crippen LogP contribution < -0.4 is 18.9 Å². The number of ether oxygens (including phenoxy) is 4. The Balaban J connectivity index is 1.09. The average Bonchev–Trinajstić information content (AvgIpc) is 2.83. The van der Waals surface area contributed by atoms with Gasteiger partial charge in [0.15, 0.2) is 23.0 Å². The van der Waals surface area contributed by atoms with Crippen molar-refractivity contribution >= 4 is 17.7 Å². The first-order valence-corrected chi connectivity index (χ1v) is 11.6. The lowest BCUT2D eigenvalue weighted by Crippen LogP contribution is -2.48. The van der Waals surface area contributed by atoms with E-state index in [0.717, 1.165) is 60.6 Å². The summed E-state index contributed by atoms with van der Waals surface area (Å²) in [4.78, 5) is 18.1. The summed E-state index contributed by atoms with van der Waals surface area (Å²) < 4.78 is 22.5. The number of benzene rings is 2. The molecule has 0 aromatic heterocycles.